The Hall–Kier alpha value is -2.44. The third-order valence-corrected chi connectivity index (χ3v) is 3.04. The molecule has 2 aromatic heterocycles. The first-order valence-corrected chi connectivity index (χ1v) is 6.30. The van der Waals surface area contributed by atoms with Crippen LogP contribution in [0.2, 0.25) is 0 Å². The second-order valence-electron chi connectivity index (χ2n) is 4.18. The van der Waals surface area contributed by atoms with Gasteiger partial charge < -0.3 is 9.64 Å². The molecule has 0 aliphatic heterocycles. The average molecular weight is 276 g/mol. The van der Waals surface area contributed by atoms with Gasteiger partial charge in [-0.15, -0.1) is 0 Å². The average Bonchev–Trinajstić information content (AvgIpc) is 2.91. The number of fused-ring (bicyclic) bond motifs is 1. The largest absolute Gasteiger partial charge is 0.469 e. The van der Waals surface area contributed by atoms with Gasteiger partial charge in [0.15, 0.2) is 0 Å². The standard InChI is InChI=1S/C13H16N4O3/c1-3-16(6-4-12(18)20-2)13(19)10-8-15-17-7-5-14-9-11(10)17/h5,7-9H,3-4,6H2,1-2H3. The van der Waals surface area contributed by atoms with Gasteiger partial charge >= 0.3 is 5.97 Å². The molecule has 0 radical (unpaired) electrons. The molecule has 0 N–H and O–H groups in total. The van der Waals surface area contributed by atoms with Crippen LogP contribution in [0.5, 0.6) is 0 Å². The lowest BCUT2D eigenvalue weighted by Crippen LogP contribution is -2.33. The highest BCUT2D eigenvalue weighted by molar-refractivity contribution is 6.00. The molecule has 0 saturated carbocycles. The van der Waals surface area contributed by atoms with Crippen molar-refractivity contribution >= 4 is 17.4 Å². The zero-order chi connectivity index (χ0) is 14.5. The molecule has 2 rings (SSSR count). The Morgan fingerprint density at radius 3 is 2.90 bits per heavy atom. The number of esters is 1. The predicted octanol–water partition coefficient (Wildman–Crippen LogP) is 0.754. The van der Waals surface area contributed by atoms with Crippen molar-refractivity contribution in [3.63, 3.8) is 0 Å². The number of hydrogen-bond acceptors (Lipinski definition) is 5. The molecule has 0 saturated heterocycles. The number of carbonyl (C=O) groups is 2. The number of aromatic nitrogens is 3. The molecule has 106 valence electrons. The van der Waals surface area contributed by atoms with E-state index in [0.29, 0.717) is 24.2 Å². The lowest BCUT2D eigenvalue weighted by atomic mass is 10.2. The fourth-order valence-corrected chi connectivity index (χ4v) is 1.90. The molecule has 0 spiro atoms. The van der Waals surface area contributed by atoms with E-state index < -0.39 is 0 Å². The van der Waals surface area contributed by atoms with Crippen LogP contribution in [0.3, 0.4) is 0 Å². The summed E-state index contributed by atoms with van der Waals surface area (Å²) in [4.78, 5) is 29.2. The van der Waals surface area contributed by atoms with Crippen LogP contribution in [0.15, 0.2) is 24.8 Å². The third-order valence-electron chi connectivity index (χ3n) is 3.04. The van der Waals surface area contributed by atoms with Gasteiger partial charge in [-0.1, -0.05) is 0 Å². The Labute approximate surface area is 116 Å². The summed E-state index contributed by atoms with van der Waals surface area (Å²) in [6.45, 7) is 2.69. The molecule has 2 aromatic rings. The maximum atomic E-state index is 12.4. The number of ether oxygens (including phenoxy) is 1. The molecule has 0 unspecified atom stereocenters. The summed E-state index contributed by atoms with van der Waals surface area (Å²) in [6, 6.07) is 0. The highest BCUT2D eigenvalue weighted by atomic mass is 16.5. The highest BCUT2D eigenvalue weighted by Gasteiger charge is 2.19. The van der Waals surface area contributed by atoms with Gasteiger partial charge in [0.2, 0.25) is 0 Å². The van der Waals surface area contributed by atoms with E-state index in [2.05, 4.69) is 14.8 Å². The summed E-state index contributed by atoms with van der Waals surface area (Å²) < 4.78 is 6.17. The van der Waals surface area contributed by atoms with Crippen molar-refractivity contribution in [2.75, 3.05) is 20.2 Å². The molecule has 0 fully saturated rings. The van der Waals surface area contributed by atoms with E-state index in [1.807, 2.05) is 6.92 Å². The monoisotopic (exact) mass is 276 g/mol. The first-order valence-electron chi connectivity index (χ1n) is 6.30. The fraction of sp³-hybridized carbons (Fsp3) is 0.385. The number of methoxy groups -OCH3 is 1. The van der Waals surface area contributed by atoms with Crippen molar-refractivity contribution in [1.29, 1.82) is 0 Å². The number of hydrogen-bond donors (Lipinski definition) is 0. The van der Waals surface area contributed by atoms with Crippen molar-refractivity contribution in [3.8, 4) is 0 Å². The molecule has 0 bridgehead atoms. The quantitative estimate of drug-likeness (QED) is 0.753. The van der Waals surface area contributed by atoms with Crippen molar-refractivity contribution in [3.05, 3.63) is 30.4 Å². The van der Waals surface area contributed by atoms with Crippen LogP contribution < -0.4 is 0 Å². The van der Waals surface area contributed by atoms with E-state index in [0.717, 1.165) is 0 Å². The van der Waals surface area contributed by atoms with Gasteiger partial charge in [0.1, 0.15) is 0 Å². The van der Waals surface area contributed by atoms with Crippen molar-refractivity contribution in [2.45, 2.75) is 13.3 Å². The smallest absolute Gasteiger partial charge is 0.307 e. The van der Waals surface area contributed by atoms with Crippen LogP contribution in [-0.4, -0.2) is 51.6 Å². The Bertz CT molecular complexity index is 623. The van der Waals surface area contributed by atoms with E-state index >= 15 is 0 Å². The first-order chi connectivity index (χ1) is 9.67. The highest BCUT2D eigenvalue weighted by Crippen LogP contribution is 2.12. The van der Waals surface area contributed by atoms with Gasteiger partial charge in [0.05, 0.1) is 37.0 Å². The van der Waals surface area contributed by atoms with Crippen molar-refractivity contribution < 1.29 is 14.3 Å². The topological polar surface area (TPSA) is 76.8 Å². The Kier molecular flexibility index (Phi) is 4.29. The maximum absolute atomic E-state index is 12.4. The number of amides is 1. The van der Waals surface area contributed by atoms with Gasteiger partial charge in [-0.05, 0) is 6.92 Å². The van der Waals surface area contributed by atoms with Crippen LogP contribution >= 0.6 is 0 Å². The summed E-state index contributed by atoms with van der Waals surface area (Å²) in [5, 5.41) is 4.11. The van der Waals surface area contributed by atoms with E-state index in [1.165, 1.54) is 13.3 Å². The molecule has 20 heavy (non-hydrogen) atoms. The summed E-state index contributed by atoms with van der Waals surface area (Å²) in [6.07, 6.45) is 6.56. The van der Waals surface area contributed by atoms with Crippen molar-refractivity contribution in [2.24, 2.45) is 0 Å². The number of nitrogens with zero attached hydrogens (tertiary/aromatic N) is 4. The van der Waals surface area contributed by atoms with Crippen LogP contribution in [0.1, 0.15) is 23.7 Å². The zero-order valence-electron chi connectivity index (χ0n) is 11.4. The van der Waals surface area contributed by atoms with E-state index in [-0.39, 0.29) is 18.3 Å². The maximum Gasteiger partial charge on any atom is 0.307 e. The normalized spacial score (nSPS) is 10.5. The minimum Gasteiger partial charge on any atom is -0.469 e. The molecule has 0 aliphatic rings. The SMILES string of the molecule is CCN(CCC(=O)OC)C(=O)c1cnn2ccncc12. The summed E-state index contributed by atoms with van der Waals surface area (Å²) >= 11 is 0. The molecule has 2 heterocycles. The van der Waals surface area contributed by atoms with Crippen molar-refractivity contribution in [1.82, 2.24) is 19.5 Å². The number of carbonyl (C=O) groups excluding carboxylic acids is 2. The molecular formula is C13H16N4O3. The van der Waals surface area contributed by atoms with Gasteiger partial charge in [-0.2, -0.15) is 5.10 Å². The minimum absolute atomic E-state index is 0.167. The third kappa shape index (κ3) is 2.76. The minimum atomic E-state index is -0.335. The van der Waals surface area contributed by atoms with Gasteiger partial charge in [0.25, 0.3) is 5.91 Å². The van der Waals surface area contributed by atoms with Gasteiger partial charge in [0, 0.05) is 25.5 Å². The summed E-state index contributed by atoms with van der Waals surface area (Å²) in [5.41, 5.74) is 1.12. The van der Waals surface area contributed by atoms with Crippen LogP contribution in [0.25, 0.3) is 5.52 Å². The summed E-state index contributed by atoms with van der Waals surface area (Å²) in [5.74, 6) is -0.503. The van der Waals surface area contributed by atoms with Gasteiger partial charge in [-0.25, -0.2) is 4.52 Å². The molecule has 0 aliphatic carbocycles. The molecule has 0 atom stereocenters. The second kappa shape index (κ2) is 6.14. The lowest BCUT2D eigenvalue weighted by Gasteiger charge is -2.19. The Balaban J connectivity index is 2.18. The van der Waals surface area contributed by atoms with E-state index in [9.17, 15) is 9.59 Å². The van der Waals surface area contributed by atoms with E-state index in [4.69, 9.17) is 0 Å². The zero-order valence-corrected chi connectivity index (χ0v) is 11.4. The fourth-order valence-electron chi connectivity index (χ4n) is 1.90. The molecule has 7 heteroatoms. The molecule has 7 nitrogen and oxygen atoms in total. The van der Waals surface area contributed by atoms with Crippen LogP contribution in [-0.2, 0) is 9.53 Å². The molecule has 1 amide bonds. The van der Waals surface area contributed by atoms with E-state index in [1.54, 1.807) is 28.0 Å². The first kappa shape index (κ1) is 14.0. The Morgan fingerprint density at radius 2 is 2.20 bits per heavy atom. The second-order valence-corrected chi connectivity index (χ2v) is 4.18. The molecular weight excluding hydrogens is 260 g/mol. The molecule has 0 aromatic carbocycles. The van der Waals surface area contributed by atoms with Crippen LogP contribution in [0, 0.1) is 0 Å². The summed E-state index contributed by atoms with van der Waals surface area (Å²) in [7, 11) is 1.33. The Morgan fingerprint density at radius 1 is 1.40 bits per heavy atom. The lowest BCUT2D eigenvalue weighted by molar-refractivity contribution is -0.140. The number of rotatable bonds is 5. The predicted molar refractivity (Wildman–Crippen MR) is 71.2 cm³/mol. The van der Waals surface area contributed by atoms with Crippen LogP contribution in [0.4, 0.5) is 0 Å². The van der Waals surface area contributed by atoms with Gasteiger partial charge in [-0.3, -0.25) is 14.6 Å².